The molecule has 0 aromatic carbocycles. The number of hydrogen-bond donors (Lipinski definition) is 0. The zero-order valence-electron chi connectivity index (χ0n) is 6.16. The minimum absolute atomic E-state index is 0. The van der Waals surface area contributed by atoms with Crippen LogP contribution in [0.1, 0.15) is 26.7 Å². The minimum atomic E-state index is -5.17. The van der Waals surface area contributed by atoms with Crippen molar-refractivity contribution in [3.05, 3.63) is 0 Å². The van der Waals surface area contributed by atoms with Crippen LogP contribution in [0.5, 0.6) is 0 Å². The van der Waals surface area contributed by atoms with E-state index in [1.54, 1.807) is 0 Å². The van der Waals surface area contributed by atoms with Crippen molar-refractivity contribution in [3.8, 4) is 0 Å². The molecule has 58 valence electrons. The molecular formula is C4H10O4SZn. The molecule has 0 rings (SSSR count). The summed E-state index contributed by atoms with van der Waals surface area (Å²) in [6.07, 6.45) is 2.64. The summed E-state index contributed by atoms with van der Waals surface area (Å²) in [5.41, 5.74) is 0. The van der Waals surface area contributed by atoms with Gasteiger partial charge in [-0.3, -0.25) is 8.42 Å². The van der Waals surface area contributed by atoms with Gasteiger partial charge in [-0.25, -0.2) is 0 Å². The van der Waals surface area contributed by atoms with Crippen molar-refractivity contribution in [2.75, 3.05) is 0 Å². The molecule has 0 aliphatic carbocycles. The standard InChI is InChI=1S/C4H10.H2O4S.Zn/c1-3-4-2;1-5(2,3)4;/h3-4H2,1-2H3;(H2,1,2,3,4);/q;;+2/p-2. The molecule has 0 aliphatic rings. The predicted molar refractivity (Wildman–Crippen MR) is 31.1 cm³/mol. The van der Waals surface area contributed by atoms with Crippen molar-refractivity contribution >= 4 is 10.4 Å². The molecule has 0 N–H and O–H groups in total. The molecule has 0 saturated carbocycles. The van der Waals surface area contributed by atoms with Crippen LogP contribution in [0.2, 0.25) is 0 Å². The average Bonchev–Trinajstić information content (AvgIpc) is 1.61. The number of unbranched alkanes of at least 4 members (excludes halogenated alkanes) is 1. The van der Waals surface area contributed by atoms with Crippen LogP contribution in [-0.2, 0) is 29.9 Å². The molecule has 0 aromatic rings. The van der Waals surface area contributed by atoms with Gasteiger partial charge in [0.1, 0.15) is 0 Å². The molecule has 0 radical (unpaired) electrons. The zero-order chi connectivity index (χ0) is 7.91. The summed E-state index contributed by atoms with van der Waals surface area (Å²) in [5, 5.41) is 0. The van der Waals surface area contributed by atoms with E-state index in [1.165, 1.54) is 12.8 Å². The first-order chi connectivity index (χ1) is 3.91. The van der Waals surface area contributed by atoms with E-state index < -0.39 is 10.4 Å². The Balaban J connectivity index is -0.0000000910. The Kier molecular flexibility index (Phi) is 16.0. The number of rotatable bonds is 1. The molecule has 10 heavy (non-hydrogen) atoms. The van der Waals surface area contributed by atoms with E-state index in [4.69, 9.17) is 17.5 Å². The van der Waals surface area contributed by atoms with Gasteiger partial charge in [0.25, 0.3) is 0 Å². The predicted octanol–water partition coefficient (Wildman–Crippen LogP) is 0.466. The normalized spacial score (nSPS) is 8.80. The van der Waals surface area contributed by atoms with Crippen LogP contribution in [0.4, 0.5) is 0 Å². The first kappa shape index (κ1) is 16.8. The number of hydrogen-bond acceptors (Lipinski definition) is 4. The second-order valence-corrected chi connectivity index (χ2v) is 2.22. The molecule has 0 saturated heterocycles. The van der Waals surface area contributed by atoms with Crippen molar-refractivity contribution in [2.24, 2.45) is 0 Å². The third kappa shape index (κ3) is 214. The maximum atomic E-state index is 8.52. The van der Waals surface area contributed by atoms with E-state index in [-0.39, 0.29) is 19.5 Å². The molecule has 0 aromatic heterocycles. The van der Waals surface area contributed by atoms with Crippen LogP contribution < -0.4 is 0 Å². The van der Waals surface area contributed by atoms with Crippen LogP contribution >= 0.6 is 0 Å². The molecular weight excluding hydrogens is 209 g/mol. The van der Waals surface area contributed by atoms with Gasteiger partial charge in [-0.2, -0.15) is 0 Å². The van der Waals surface area contributed by atoms with Gasteiger partial charge in [0, 0.05) is 10.4 Å². The first-order valence-electron chi connectivity index (χ1n) is 2.58. The van der Waals surface area contributed by atoms with Crippen molar-refractivity contribution in [1.29, 1.82) is 0 Å². The molecule has 0 aliphatic heterocycles. The molecule has 0 unspecified atom stereocenters. The van der Waals surface area contributed by atoms with Crippen LogP contribution in [0.15, 0.2) is 0 Å². The first-order valence-corrected chi connectivity index (χ1v) is 3.91. The fourth-order valence-electron chi connectivity index (χ4n) is 0. The largest absolute Gasteiger partial charge is 2.00 e. The smallest absolute Gasteiger partial charge is 0.759 e. The average molecular weight is 220 g/mol. The third-order valence-electron chi connectivity index (χ3n) is 0.500. The van der Waals surface area contributed by atoms with Gasteiger partial charge in [0.15, 0.2) is 0 Å². The monoisotopic (exact) mass is 218 g/mol. The minimum Gasteiger partial charge on any atom is -0.759 e. The van der Waals surface area contributed by atoms with E-state index in [9.17, 15) is 0 Å². The Morgan fingerprint density at radius 3 is 1.20 bits per heavy atom. The Labute approximate surface area is 74.4 Å². The van der Waals surface area contributed by atoms with Gasteiger partial charge in [-0.05, 0) is 0 Å². The Morgan fingerprint density at radius 2 is 1.20 bits per heavy atom. The zero-order valence-corrected chi connectivity index (χ0v) is 9.95. The summed E-state index contributed by atoms with van der Waals surface area (Å²) in [6, 6.07) is 0. The summed E-state index contributed by atoms with van der Waals surface area (Å²) in [4.78, 5) is 0. The molecule has 6 heteroatoms. The summed E-state index contributed by atoms with van der Waals surface area (Å²) in [7, 11) is -5.17. The molecule has 4 nitrogen and oxygen atoms in total. The summed E-state index contributed by atoms with van der Waals surface area (Å²) in [5.74, 6) is 0. The fraction of sp³-hybridized carbons (Fsp3) is 1.00. The summed E-state index contributed by atoms with van der Waals surface area (Å²) < 4.78 is 34.1. The van der Waals surface area contributed by atoms with Gasteiger partial charge in [-0.1, -0.05) is 26.7 Å². The Morgan fingerprint density at radius 1 is 1.10 bits per heavy atom. The Hall–Kier alpha value is 0.493. The third-order valence-corrected chi connectivity index (χ3v) is 0.500. The summed E-state index contributed by atoms with van der Waals surface area (Å²) >= 11 is 0. The SMILES string of the molecule is CCCC.O=S(=O)([O-])[O-].[Zn+2]. The molecule has 0 spiro atoms. The van der Waals surface area contributed by atoms with Crippen molar-refractivity contribution in [1.82, 2.24) is 0 Å². The maximum Gasteiger partial charge on any atom is 2.00 e. The Bertz CT molecular complexity index is 120. The van der Waals surface area contributed by atoms with Crippen LogP contribution in [-0.4, -0.2) is 17.5 Å². The van der Waals surface area contributed by atoms with E-state index in [0.29, 0.717) is 0 Å². The molecule has 0 atom stereocenters. The fourth-order valence-corrected chi connectivity index (χ4v) is 0. The molecule has 0 heterocycles. The van der Waals surface area contributed by atoms with E-state index >= 15 is 0 Å². The summed E-state index contributed by atoms with van der Waals surface area (Å²) in [6.45, 7) is 4.36. The van der Waals surface area contributed by atoms with E-state index in [0.717, 1.165) is 0 Å². The maximum absolute atomic E-state index is 8.52. The molecule has 0 amide bonds. The van der Waals surface area contributed by atoms with Crippen LogP contribution in [0.25, 0.3) is 0 Å². The molecule has 0 fully saturated rings. The van der Waals surface area contributed by atoms with Gasteiger partial charge < -0.3 is 9.11 Å². The van der Waals surface area contributed by atoms with E-state index in [1.807, 2.05) is 0 Å². The van der Waals surface area contributed by atoms with Crippen molar-refractivity contribution in [3.63, 3.8) is 0 Å². The molecule has 0 bridgehead atoms. The van der Waals surface area contributed by atoms with Crippen molar-refractivity contribution < 1.29 is 37.0 Å². The topological polar surface area (TPSA) is 80.3 Å². The van der Waals surface area contributed by atoms with E-state index in [2.05, 4.69) is 13.8 Å². The van der Waals surface area contributed by atoms with Crippen LogP contribution in [0, 0.1) is 0 Å². The second kappa shape index (κ2) is 9.49. The van der Waals surface area contributed by atoms with Crippen molar-refractivity contribution in [2.45, 2.75) is 26.7 Å². The van der Waals surface area contributed by atoms with Gasteiger partial charge in [-0.15, -0.1) is 0 Å². The van der Waals surface area contributed by atoms with Crippen LogP contribution in [0.3, 0.4) is 0 Å². The second-order valence-electron chi connectivity index (χ2n) is 1.41. The van der Waals surface area contributed by atoms with Gasteiger partial charge >= 0.3 is 19.5 Å². The quantitative estimate of drug-likeness (QED) is 0.365. The van der Waals surface area contributed by atoms with Gasteiger partial charge in [0.2, 0.25) is 0 Å². The van der Waals surface area contributed by atoms with Gasteiger partial charge in [0.05, 0.1) is 0 Å².